The van der Waals surface area contributed by atoms with Crippen LogP contribution in [-0.2, 0) is 27.4 Å². The summed E-state index contributed by atoms with van der Waals surface area (Å²) in [6, 6.07) is 12.2. The van der Waals surface area contributed by atoms with Crippen molar-refractivity contribution in [1.82, 2.24) is 0 Å². The Kier molecular flexibility index (Phi) is 5.90. The normalized spacial score (nSPS) is 25.5. The van der Waals surface area contributed by atoms with Crippen LogP contribution in [0.5, 0.6) is 11.5 Å². The number of aryl methyl sites for hydroxylation is 1. The van der Waals surface area contributed by atoms with Crippen molar-refractivity contribution in [2.45, 2.75) is 68.3 Å². The molecule has 2 heterocycles. The number of benzene rings is 2. The topological polar surface area (TPSA) is 82.1 Å². The van der Waals surface area contributed by atoms with Crippen molar-refractivity contribution in [2.75, 3.05) is 13.2 Å². The molecule has 2 fully saturated rings. The molecule has 1 saturated heterocycles. The van der Waals surface area contributed by atoms with E-state index in [1.165, 1.54) is 11.1 Å². The van der Waals surface area contributed by atoms with E-state index in [0.29, 0.717) is 32.5 Å². The highest BCUT2D eigenvalue weighted by Gasteiger charge is 2.45. The molecule has 2 aliphatic heterocycles. The smallest absolute Gasteiger partial charge is 0.180 e. The number of rotatable bonds is 6. The standard InChI is InChI=1S/C25H30O6S/c1-2-17-4-5-18(23-14-20(26)15-25(31-23)32(27,28)21-6-7-21)13-19(17)11-16-3-8-22-24(12-16)30-10-9-29-22/h3-5,8,12-13,20-21,23,25-26H,2,6-7,9-11,14-15H2,1H3. The number of aliphatic hydroxyl groups is 1. The van der Waals surface area contributed by atoms with Crippen molar-refractivity contribution < 1.29 is 27.7 Å². The molecular formula is C25H30O6S. The molecule has 1 N–H and O–H groups in total. The zero-order chi connectivity index (χ0) is 22.3. The van der Waals surface area contributed by atoms with Crippen LogP contribution < -0.4 is 9.47 Å². The number of fused-ring (bicyclic) bond motifs is 1. The van der Waals surface area contributed by atoms with Crippen LogP contribution in [0.3, 0.4) is 0 Å². The molecule has 0 amide bonds. The van der Waals surface area contributed by atoms with Gasteiger partial charge in [0.2, 0.25) is 0 Å². The molecule has 0 radical (unpaired) electrons. The summed E-state index contributed by atoms with van der Waals surface area (Å²) in [5.74, 6) is 1.55. The molecule has 6 nitrogen and oxygen atoms in total. The molecule has 1 aliphatic carbocycles. The van der Waals surface area contributed by atoms with Crippen molar-refractivity contribution in [2.24, 2.45) is 0 Å². The summed E-state index contributed by atoms with van der Waals surface area (Å²) in [5.41, 5.74) is 3.54. The second kappa shape index (κ2) is 8.69. The SMILES string of the molecule is CCc1ccc(C2CC(O)CC(S(=O)(=O)C3CC3)O2)cc1Cc1ccc2c(c1)OCCO2. The summed E-state index contributed by atoms with van der Waals surface area (Å²) in [7, 11) is -3.35. The first-order chi connectivity index (χ1) is 15.4. The number of aliphatic hydroxyl groups excluding tert-OH is 1. The number of hydrogen-bond acceptors (Lipinski definition) is 6. The van der Waals surface area contributed by atoms with E-state index in [-0.39, 0.29) is 11.7 Å². The van der Waals surface area contributed by atoms with E-state index in [2.05, 4.69) is 25.1 Å². The van der Waals surface area contributed by atoms with Crippen LogP contribution in [0.25, 0.3) is 0 Å². The Morgan fingerprint density at radius 1 is 0.969 bits per heavy atom. The Labute approximate surface area is 189 Å². The molecule has 0 spiro atoms. The van der Waals surface area contributed by atoms with Crippen molar-refractivity contribution in [3.05, 3.63) is 58.7 Å². The van der Waals surface area contributed by atoms with E-state index >= 15 is 0 Å². The quantitative estimate of drug-likeness (QED) is 0.710. The zero-order valence-corrected chi connectivity index (χ0v) is 19.1. The Hall–Kier alpha value is -2.09. The molecule has 3 aliphatic rings. The van der Waals surface area contributed by atoms with Gasteiger partial charge in [-0.05, 0) is 60.1 Å². The predicted octanol–water partition coefficient (Wildman–Crippen LogP) is 3.73. The van der Waals surface area contributed by atoms with E-state index in [1.54, 1.807) is 0 Å². The maximum atomic E-state index is 12.7. The second-order valence-electron chi connectivity index (χ2n) is 9.00. The zero-order valence-electron chi connectivity index (χ0n) is 18.3. The fraction of sp³-hybridized carbons (Fsp3) is 0.520. The third-order valence-corrected chi connectivity index (χ3v) is 9.04. The first-order valence-electron chi connectivity index (χ1n) is 11.5. The van der Waals surface area contributed by atoms with E-state index in [9.17, 15) is 13.5 Å². The van der Waals surface area contributed by atoms with Gasteiger partial charge in [-0.2, -0.15) is 0 Å². The van der Waals surface area contributed by atoms with Gasteiger partial charge in [0, 0.05) is 12.8 Å². The van der Waals surface area contributed by atoms with Gasteiger partial charge in [0.25, 0.3) is 0 Å². The Bertz CT molecular complexity index is 1090. The van der Waals surface area contributed by atoms with Crippen LogP contribution >= 0.6 is 0 Å². The number of hydrogen-bond donors (Lipinski definition) is 1. The van der Waals surface area contributed by atoms with Gasteiger partial charge < -0.3 is 19.3 Å². The van der Waals surface area contributed by atoms with E-state index in [0.717, 1.165) is 35.5 Å². The number of ether oxygens (including phenoxy) is 3. The highest BCUT2D eigenvalue weighted by Crippen LogP contribution is 2.40. The maximum Gasteiger partial charge on any atom is 0.180 e. The van der Waals surface area contributed by atoms with Gasteiger partial charge in [0.05, 0.1) is 17.5 Å². The minimum Gasteiger partial charge on any atom is -0.486 e. The van der Waals surface area contributed by atoms with Gasteiger partial charge in [-0.1, -0.05) is 31.2 Å². The van der Waals surface area contributed by atoms with Crippen LogP contribution in [0.15, 0.2) is 36.4 Å². The van der Waals surface area contributed by atoms with Crippen LogP contribution in [-0.4, -0.2) is 43.5 Å². The predicted molar refractivity (Wildman–Crippen MR) is 121 cm³/mol. The summed E-state index contributed by atoms with van der Waals surface area (Å²) in [4.78, 5) is 0. The lowest BCUT2D eigenvalue weighted by molar-refractivity contribution is -0.0644. The molecule has 7 heteroatoms. The van der Waals surface area contributed by atoms with E-state index < -0.39 is 27.5 Å². The Balaban J connectivity index is 1.40. The molecule has 5 rings (SSSR count). The molecule has 1 saturated carbocycles. The number of sulfone groups is 1. The van der Waals surface area contributed by atoms with Gasteiger partial charge in [-0.25, -0.2) is 8.42 Å². The van der Waals surface area contributed by atoms with Gasteiger partial charge in [0.15, 0.2) is 26.8 Å². The summed E-state index contributed by atoms with van der Waals surface area (Å²) >= 11 is 0. The van der Waals surface area contributed by atoms with Gasteiger partial charge in [0.1, 0.15) is 13.2 Å². The molecule has 2 aromatic rings. The Morgan fingerprint density at radius 2 is 1.75 bits per heavy atom. The lowest BCUT2D eigenvalue weighted by Gasteiger charge is -2.33. The fourth-order valence-corrected chi connectivity index (χ4v) is 6.67. The van der Waals surface area contributed by atoms with Crippen molar-refractivity contribution in [3.8, 4) is 11.5 Å². The lowest BCUT2D eigenvalue weighted by Crippen LogP contribution is -2.38. The molecule has 0 bridgehead atoms. The lowest BCUT2D eigenvalue weighted by atomic mass is 9.92. The minimum absolute atomic E-state index is 0.159. The minimum atomic E-state index is -3.35. The molecule has 3 atom stereocenters. The summed E-state index contributed by atoms with van der Waals surface area (Å²) in [6.07, 6.45) is 2.49. The largest absolute Gasteiger partial charge is 0.486 e. The molecule has 2 aromatic carbocycles. The van der Waals surface area contributed by atoms with Crippen molar-refractivity contribution in [3.63, 3.8) is 0 Å². The third-order valence-electron chi connectivity index (χ3n) is 6.61. The maximum absolute atomic E-state index is 12.7. The van der Waals surface area contributed by atoms with E-state index in [1.807, 2.05) is 18.2 Å². The summed E-state index contributed by atoms with van der Waals surface area (Å²) in [6.45, 7) is 3.25. The van der Waals surface area contributed by atoms with Gasteiger partial charge in [-0.3, -0.25) is 0 Å². The highest BCUT2D eigenvalue weighted by atomic mass is 32.2. The first kappa shape index (κ1) is 21.7. The monoisotopic (exact) mass is 458 g/mol. The van der Waals surface area contributed by atoms with Crippen LogP contribution in [0.4, 0.5) is 0 Å². The fourth-order valence-electron chi connectivity index (χ4n) is 4.67. The second-order valence-corrected chi connectivity index (χ2v) is 11.4. The molecule has 3 unspecified atom stereocenters. The molecule has 172 valence electrons. The average molecular weight is 459 g/mol. The molecular weight excluding hydrogens is 428 g/mol. The van der Waals surface area contributed by atoms with E-state index in [4.69, 9.17) is 14.2 Å². The van der Waals surface area contributed by atoms with Crippen LogP contribution in [0.2, 0.25) is 0 Å². The molecule has 0 aromatic heterocycles. The van der Waals surface area contributed by atoms with Crippen molar-refractivity contribution in [1.29, 1.82) is 0 Å². The summed E-state index contributed by atoms with van der Waals surface area (Å²) in [5, 5.41) is 10.1. The Morgan fingerprint density at radius 3 is 2.50 bits per heavy atom. The third kappa shape index (κ3) is 4.38. The van der Waals surface area contributed by atoms with Gasteiger partial charge >= 0.3 is 0 Å². The van der Waals surface area contributed by atoms with Crippen LogP contribution in [0.1, 0.15) is 61.0 Å². The van der Waals surface area contributed by atoms with Gasteiger partial charge in [-0.15, -0.1) is 0 Å². The first-order valence-corrected chi connectivity index (χ1v) is 13.1. The summed E-state index contributed by atoms with van der Waals surface area (Å²) < 4.78 is 42.9. The molecule has 32 heavy (non-hydrogen) atoms. The highest BCUT2D eigenvalue weighted by molar-refractivity contribution is 7.92. The average Bonchev–Trinajstić information content (AvgIpc) is 3.65. The van der Waals surface area contributed by atoms with Crippen molar-refractivity contribution >= 4 is 9.84 Å². The van der Waals surface area contributed by atoms with Crippen LogP contribution in [0, 0.1) is 0 Å².